The van der Waals surface area contributed by atoms with Gasteiger partial charge in [0.05, 0.1) is 16.9 Å². The van der Waals surface area contributed by atoms with E-state index in [-0.39, 0.29) is 10.6 Å². The molecule has 0 bridgehead atoms. The van der Waals surface area contributed by atoms with Crippen LogP contribution in [-0.2, 0) is 0 Å². The number of hydrogen-bond donors (Lipinski definition) is 1. The number of benzene rings is 2. The Balaban J connectivity index is 1.96. The monoisotopic (exact) mass is 314 g/mol. The highest BCUT2D eigenvalue weighted by Gasteiger charge is 2.22. The molecule has 22 heavy (non-hydrogen) atoms. The number of anilines is 2. The lowest BCUT2D eigenvalue weighted by Crippen LogP contribution is -1.94. The zero-order chi connectivity index (χ0) is 15.5. The van der Waals surface area contributed by atoms with Crippen LogP contribution in [0.5, 0.6) is 5.75 Å². The molecule has 0 aliphatic heterocycles. The first-order valence-electron chi connectivity index (χ1n) is 6.85. The van der Waals surface area contributed by atoms with Gasteiger partial charge in [-0.25, -0.2) is 0 Å². The van der Waals surface area contributed by atoms with E-state index in [9.17, 15) is 10.1 Å². The maximum atomic E-state index is 11.4. The van der Waals surface area contributed by atoms with Crippen molar-refractivity contribution in [3.05, 3.63) is 58.6 Å². The lowest BCUT2D eigenvalue weighted by atomic mass is 10.2. The number of thiophene rings is 1. The minimum atomic E-state index is -0.338. The molecule has 3 aromatic rings. The molecule has 0 amide bonds. The van der Waals surface area contributed by atoms with Crippen LogP contribution in [-0.4, -0.2) is 11.5 Å². The number of nitrogens with one attached hydrogen (secondary N) is 1. The Morgan fingerprint density at radius 3 is 2.59 bits per heavy atom. The van der Waals surface area contributed by atoms with E-state index in [4.69, 9.17) is 4.74 Å². The van der Waals surface area contributed by atoms with Gasteiger partial charge in [0, 0.05) is 10.4 Å². The van der Waals surface area contributed by atoms with Crippen molar-refractivity contribution in [2.24, 2.45) is 0 Å². The summed E-state index contributed by atoms with van der Waals surface area (Å²) < 4.78 is 6.28. The molecule has 3 rings (SSSR count). The fourth-order valence-corrected chi connectivity index (χ4v) is 3.32. The van der Waals surface area contributed by atoms with Crippen LogP contribution in [0.2, 0.25) is 0 Å². The van der Waals surface area contributed by atoms with E-state index in [0.717, 1.165) is 16.1 Å². The molecule has 0 atom stereocenters. The average molecular weight is 314 g/mol. The predicted molar refractivity (Wildman–Crippen MR) is 89.4 cm³/mol. The standard InChI is InChI=1S/C16H14N2O3S/c1-2-21-12-9-7-11(8-10-12)17-16-15(18(19)20)13-5-3-4-6-14(13)22-16/h3-10,17H,2H2,1H3. The zero-order valence-electron chi connectivity index (χ0n) is 11.9. The topological polar surface area (TPSA) is 64.4 Å². The number of fused-ring (bicyclic) bond motifs is 1. The lowest BCUT2D eigenvalue weighted by Gasteiger charge is -2.06. The number of nitrogens with zero attached hydrogens (tertiary/aromatic N) is 1. The molecule has 6 heteroatoms. The summed E-state index contributed by atoms with van der Waals surface area (Å²) >= 11 is 1.38. The van der Waals surface area contributed by atoms with Gasteiger partial charge in [0.1, 0.15) is 5.75 Å². The van der Waals surface area contributed by atoms with Crippen molar-refractivity contribution in [3.63, 3.8) is 0 Å². The first-order chi connectivity index (χ1) is 10.7. The first-order valence-corrected chi connectivity index (χ1v) is 7.66. The molecule has 1 aromatic heterocycles. The van der Waals surface area contributed by atoms with Crippen LogP contribution >= 0.6 is 11.3 Å². The highest BCUT2D eigenvalue weighted by atomic mass is 32.1. The summed E-state index contributed by atoms with van der Waals surface area (Å²) in [5.41, 5.74) is 0.910. The fourth-order valence-electron chi connectivity index (χ4n) is 2.23. The van der Waals surface area contributed by atoms with Crippen LogP contribution in [0, 0.1) is 10.1 Å². The Morgan fingerprint density at radius 1 is 1.18 bits per heavy atom. The summed E-state index contributed by atoms with van der Waals surface area (Å²) in [7, 11) is 0. The van der Waals surface area contributed by atoms with Crippen LogP contribution in [0.15, 0.2) is 48.5 Å². The zero-order valence-corrected chi connectivity index (χ0v) is 12.7. The van der Waals surface area contributed by atoms with Crippen LogP contribution in [0.4, 0.5) is 16.4 Å². The summed E-state index contributed by atoms with van der Waals surface area (Å²) in [5, 5.41) is 15.7. The van der Waals surface area contributed by atoms with E-state index < -0.39 is 0 Å². The van der Waals surface area contributed by atoms with Gasteiger partial charge in [-0.1, -0.05) is 12.1 Å². The van der Waals surface area contributed by atoms with Gasteiger partial charge in [0.25, 0.3) is 0 Å². The van der Waals surface area contributed by atoms with Crippen molar-refractivity contribution in [3.8, 4) is 5.75 Å². The molecule has 5 nitrogen and oxygen atoms in total. The van der Waals surface area contributed by atoms with Gasteiger partial charge in [0.2, 0.25) is 0 Å². The van der Waals surface area contributed by atoms with Crippen molar-refractivity contribution >= 4 is 37.8 Å². The third-order valence-electron chi connectivity index (χ3n) is 3.18. The van der Waals surface area contributed by atoms with E-state index in [0.29, 0.717) is 17.0 Å². The average Bonchev–Trinajstić information content (AvgIpc) is 2.87. The SMILES string of the molecule is CCOc1ccc(Nc2sc3ccccc3c2[N+](=O)[O-])cc1. The molecule has 0 saturated carbocycles. The summed E-state index contributed by atoms with van der Waals surface area (Å²) in [6, 6.07) is 14.7. The Kier molecular flexibility index (Phi) is 3.93. The van der Waals surface area contributed by atoms with Crippen LogP contribution < -0.4 is 10.1 Å². The van der Waals surface area contributed by atoms with Crippen LogP contribution in [0.25, 0.3) is 10.1 Å². The summed E-state index contributed by atoms with van der Waals surface area (Å²) in [5.74, 6) is 0.777. The van der Waals surface area contributed by atoms with Gasteiger partial charge in [-0.15, -0.1) is 11.3 Å². The van der Waals surface area contributed by atoms with Gasteiger partial charge in [-0.2, -0.15) is 0 Å². The van der Waals surface area contributed by atoms with E-state index in [2.05, 4.69) is 5.32 Å². The Hall–Kier alpha value is -2.60. The summed E-state index contributed by atoms with van der Waals surface area (Å²) in [6.07, 6.45) is 0. The molecule has 0 radical (unpaired) electrons. The second-order valence-electron chi connectivity index (χ2n) is 4.62. The third kappa shape index (κ3) is 2.73. The van der Waals surface area contributed by atoms with Gasteiger partial charge in [-0.05, 0) is 43.3 Å². The minimum Gasteiger partial charge on any atom is -0.494 e. The molecule has 2 aromatic carbocycles. The Bertz CT molecular complexity index is 812. The van der Waals surface area contributed by atoms with Crippen LogP contribution in [0.1, 0.15) is 6.92 Å². The number of ether oxygens (including phenoxy) is 1. The third-order valence-corrected chi connectivity index (χ3v) is 4.25. The van der Waals surface area contributed by atoms with E-state index in [1.807, 2.05) is 49.4 Å². The number of hydrogen-bond acceptors (Lipinski definition) is 5. The Labute approximate surface area is 131 Å². The molecule has 0 aliphatic rings. The van der Waals surface area contributed by atoms with Gasteiger partial charge in [-0.3, -0.25) is 10.1 Å². The quantitative estimate of drug-likeness (QED) is 0.534. The molecule has 0 unspecified atom stereocenters. The molecular weight excluding hydrogens is 300 g/mol. The highest BCUT2D eigenvalue weighted by molar-refractivity contribution is 7.23. The van der Waals surface area contributed by atoms with E-state index in [1.165, 1.54) is 11.3 Å². The smallest absolute Gasteiger partial charge is 0.311 e. The van der Waals surface area contributed by atoms with Crippen LogP contribution in [0.3, 0.4) is 0 Å². The molecule has 1 N–H and O–H groups in total. The van der Waals surface area contributed by atoms with Crippen molar-refractivity contribution in [1.82, 2.24) is 0 Å². The van der Waals surface area contributed by atoms with Gasteiger partial charge < -0.3 is 10.1 Å². The lowest BCUT2D eigenvalue weighted by molar-refractivity contribution is -0.381. The normalized spacial score (nSPS) is 10.6. The molecule has 0 saturated heterocycles. The minimum absolute atomic E-state index is 0.120. The van der Waals surface area contributed by atoms with Crippen molar-refractivity contribution in [1.29, 1.82) is 0 Å². The van der Waals surface area contributed by atoms with Crippen molar-refractivity contribution < 1.29 is 9.66 Å². The van der Waals surface area contributed by atoms with Gasteiger partial charge >= 0.3 is 5.69 Å². The second-order valence-corrected chi connectivity index (χ2v) is 5.67. The maximum absolute atomic E-state index is 11.4. The summed E-state index contributed by atoms with van der Waals surface area (Å²) in [6.45, 7) is 2.53. The maximum Gasteiger partial charge on any atom is 0.311 e. The number of nitro groups is 1. The molecule has 1 heterocycles. The van der Waals surface area contributed by atoms with E-state index >= 15 is 0 Å². The van der Waals surface area contributed by atoms with E-state index in [1.54, 1.807) is 6.07 Å². The van der Waals surface area contributed by atoms with Crippen molar-refractivity contribution in [2.45, 2.75) is 6.92 Å². The molecule has 0 fully saturated rings. The fraction of sp³-hybridized carbons (Fsp3) is 0.125. The van der Waals surface area contributed by atoms with Crippen molar-refractivity contribution in [2.75, 3.05) is 11.9 Å². The predicted octanol–water partition coefficient (Wildman–Crippen LogP) is 4.95. The molecular formula is C16H14N2O3S. The second kappa shape index (κ2) is 6.03. The molecule has 0 aliphatic carbocycles. The largest absolute Gasteiger partial charge is 0.494 e. The molecule has 0 spiro atoms. The number of rotatable bonds is 5. The molecule has 112 valence electrons. The first kappa shape index (κ1) is 14.3. The Morgan fingerprint density at radius 2 is 1.91 bits per heavy atom. The summed E-state index contributed by atoms with van der Waals surface area (Å²) in [4.78, 5) is 11.0. The highest BCUT2D eigenvalue weighted by Crippen LogP contribution is 2.42. The van der Waals surface area contributed by atoms with Gasteiger partial charge in [0.15, 0.2) is 5.00 Å².